The van der Waals surface area contributed by atoms with Crippen LogP contribution in [-0.2, 0) is 0 Å². The van der Waals surface area contributed by atoms with Gasteiger partial charge in [-0.2, -0.15) is 13.2 Å². The van der Waals surface area contributed by atoms with Crippen LogP contribution in [0.1, 0.15) is 5.56 Å². The molecule has 0 spiro atoms. The van der Waals surface area contributed by atoms with Crippen LogP contribution < -0.4 is 4.90 Å². The summed E-state index contributed by atoms with van der Waals surface area (Å²) in [5.41, 5.74) is 3.36. The molecule has 1 aliphatic heterocycles. The fourth-order valence-corrected chi connectivity index (χ4v) is 4.33. The lowest BCUT2D eigenvalue weighted by Crippen LogP contribution is -2.49. The summed E-state index contributed by atoms with van der Waals surface area (Å²) in [5.74, 6) is 0.809. The number of aromatic nitrogens is 2. The molecule has 0 saturated carbocycles. The highest BCUT2D eigenvalue weighted by atomic mass is 32.1. The molecule has 3 aromatic rings. The lowest BCUT2D eigenvalue weighted by Gasteiger charge is -2.35. The van der Waals surface area contributed by atoms with Gasteiger partial charge in [-0.05, 0) is 12.5 Å². The molecule has 0 amide bonds. The van der Waals surface area contributed by atoms with Crippen LogP contribution in [0.25, 0.3) is 21.3 Å². The van der Waals surface area contributed by atoms with Gasteiger partial charge in [-0.25, -0.2) is 9.97 Å². The predicted molar refractivity (Wildman–Crippen MR) is 102 cm³/mol. The van der Waals surface area contributed by atoms with Crippen molar-refractivity contribution < 1.29 is 13.2 Å². The molecule has 1 aliphatic rings. The number of alkyl halides is 3. The van der Waals surface area contributed by atoms with E-state index in [1.165, 1.54) is 16.8 Å². The van der Waals surface area contributed by atoms with E-state index < -0.39 is 12.7 Å². The summed E-state index contributed by atoms with van der Waals surface area (Å²) < 4.78 is 37.9. The number of fused-ring (bicyclic) bond motifs is 1. The maximum Gasteiger partial charge on any atom is 0.401 e. The number of piperazine rings is 1. The normalized spacial score (nSPS) is 16.2. The van der Waals surface area contributed by atoms with Crippen LogP contribution in [0.3, 0.4) is 0 Å². The molecule has 3 heterocycles. The minimum Gasteiger partial charge on any atom is -0.353 e. The highest BCUT2D eigenvalue weighted by Gasteiger charge is 2.32. The van der Waals surface area contributed by atoms with Crippen molar-refractivity contribution in [3.63, 3.8) is 0 Å². The van der Waals surface area contributed by atoms with E-state index in [4.69, 9.17) is 0 Å². The Morgan fingerprint density at radius 2 is 1.74 bits per heavy atom. The molecular weight excluding hydrogens is 373 g/mol. The maximum atomic E-state index is 12.6. The van der Waals surface area contributed by atoms with E-state index in [0.29, 0.717) is 26.2 Å². The van der Waals surface area contributed by atoms with Crippen LogP contribution in [0.15, 0.2) is 36.0 Å². The van der Waals surface area contributed by atoms with Crippen LogP contribution in [0.2, 0.25) is 0 Å². The molecule has 1 fully saturated rings. The van der Waals surface area contributed by atoms with E-state index >= 15 is 0 Å². The van der Waals surface area contributed by atoms with E-state index in [1.807, 2.05) is 6.92 Å². The van der Waals surface area contributed by atoms with Gasteiger partial charge in [-0.3, -0.25) is 4.90 Å². The van der Waals surface area contributed by atoms with Gasteiger partial charge in [0.05, 0.1) is 11.9 Å². The molecular formula is C19H19F3N4S. The number of anilines is 1. The molecule has 0 N–H and O–H groups in total. The first kappa shape index (κ1) is 18.2. The monoisotopic (exact) mass is 392 g/mol. The van der Waals surface area contributed by atoms with Crippen molar-refractivity contribution in [2.75, 3.05) is 37.6 Å². The number of halogens is 3. The molecule has 4 rings (SSSR count). The van der Waals surface area contributed by atoms with Crippen LogP contribution in [0.4, 0.5) is 19.0 Å². The number of nitrogens with zero attached hydrogens (tertiary/aromatic N) is 4. The zero-order valence-corrected chi connectivity index (χ0v) is 15.6. The molecule has 1 saturated heterocycles. The molecule has 27 heavy (non-hydrogen) atoms. The van der Waals surface area contributed by atoms with Gasteiger partial charge in [-0.15, -0.1) is 11.3 Å². The van der Waals surface area contributed by atoms with Gasteiger partial charge in [0.1, 0.15) is 17.0 Å². The Morgan fingerprint density at radius 1 is 1.04 bits per heavy atom. The Labute approximate surface area is 159 Å². The summed E-state index contributed by atoms with van der Waals surface area (Å²) in [5, 5.41) is 3.06. The van der Waals surface area contributed by atoms with Crippen LogP contribution in [0, 0.1) is 6.92 Å². The molecule has 0 atom stereocenters. The summed E-state index contributed by atoms with van der Waals surface area (Å²) in [4.78, 5) is 13.3. The Hall–Kier alpha value is -2.19. The summed E-state index contributed by atoms with van der Waals surface area (Å²) in [6.07, 6.45) is -2.62. The van der Waals surface area contributed by atoms with E-state index in [1.54, 1.807) is 11.3 Å². The average Bonchev–Trinajstić information content (AvgIpc) is 3.06. The van der Waals surface area contributed by atoms with E-state index in [0.717, 1.165) is 27.2 Å². The van der Waals surface area contributed by atoms with Gasteiger partial charge < -0.3 is 4.90 Å². The molecule has 1 aromatic carbocycles. The molecule has 4 nitrogen and oxygen atoms in total. The zero-order chi connectivity index (χ0) is 19.0. The quantitative estimate of drug-likeness (QED) is 0.663. The van der Waals surface area contributed by atoms with Gasteiger partial charge in [-0.1, -0.05) is 29.8 Å². The molecule has 142 valence electrons. The first-order valence-corrected chi connectivity index (χ1v) is 9.62. The second-order valence-electron chi connectivity index (χ2n) is 6.77. The summed E-state index contributed by atoms with van der Waals surface area (Å²) >= 11 is 1.56. The highest BCUT2D eigenvalue weighted by molar-refractivity contribution is 7.17. The highest BCUT2D eigenvalue weighted by Crippen LogP contribution is 2.38. The van der Waals surface area contributed by atoms with Gasteiger partial charge in [0.2, 0.25) is 0 Å². The second kappa shape index (κ2) is 7.09. The molecule has 0 bridgehead atoms. The molecule has 2 aromatic heterocycles. The molecule has 8 heteroatoms. The zero-order valence-electron chi connectivity index (χ0n) is 14.8. The minimum absolute atomic E-state index is 0.370. The van der Waals surface area contributed by atoms with Gasteiger partial charge in [0, 0.05) is 37.1 Å². The number of hydrogen-bond acceptors (Lipinski definition) is 5. The fourth-order valence-electron chi connectivity index (χ4n) is 3.42. The summed E-state index contributed by atoms with van der Waals surface area (Å²) in [6, 6.07) is 8.29. The number of thiophene rings is 1. The lowest BCUT2D eigenvalue weighted by molar-refractivity contribution is -0.146. The smallest absolute Gasteiger partial charge is 0.353 e. The number of aryl methyl sites for hydroxylation is 1. The number of rotatable bonds is 3. The molecule has 0 unspecified atom stereocenters. The van der Waals surface area contributed by atoms with E-state index in [9.17, 15) is 13.2 Å². The van der Waals surface area contributed by atoms with Crippen molar-refractivity contribution in [1.82, 2.24) is 14.9 Å². The van der Waals surface area contributed by atoms with Crippen molar-refractivity contribution in [2.45, 2.75) is 13.1 Å². The predicted octanol–water partition coefficient (Wildman–Crippen LogP) is 4.35. The third-order valence-electron chi connectivity index (χ3n) is 4.79. The minimum atomic E-state index is -4.16. The van der Waals surface area contributed by atoms with Gasteiger partial charge >= 0.3 is 6.18 Å². The lowest BCUT2D eigenvalue weighted by atomic mass is 10.0. The fraction of sp³-hybridized carbons (Fsp3) is 0.368. The van der Waals surface area contributed by atoms with Crippen LogP contribution >= 0.6 is 11.3 Å². The van der Waals surface area contributed by atoms with Crippen molar-refractivity contribution in [2.24, 2.45) is 0 Å². The number of benzene rings is 1. The summed E-state index contributed by atoms with van der Waals surface area (Å²) in [6.45, 7) is 2.97. The first-order chi connectivity index (χ1) is 12.9. The Balaban J connectivity index is 1.63. The van der Waals surface area contributed by atoms with E-state index in [2.05, 4.69) is 44.5 Å². The molecule has 0 aliphatic carbocycles. The third-order valence-corrected chi connectivity index (χ3v) is 5.67. The standard InChI is InChI=1S/C19H19F3N4S/c1-13-2-4-14(5-3-13)15-10-27-18-16(15)17(23-12-24-18)26-8-6-25(7-9-26)11-19(20,21)22/h2-5,10,12H,6-9,11H2,1H3. The Morgan fingerprint density at radius 3 is 2.41 bits per heavy atom. The van der Waals surface area contributed by atoms with Gasteiger partial charge in [0.15, 0.2) is 0 Å². The second-order valence-corrected chi connectivity index (χ2v) is 7.63. The van der Waals surface area contributed by atoms with E-state index in [-0.39, 0.29) is 0 Å². The SMILES string of the molecule is Cc1ccc(-c2csc3ncnc(N4CCN(CC(F)(F)F)CC4)c23)cc1. The molecule has 0 radical (unpaired) electrons. The average molecular weight is 392 g/mol. The van der Waals surface area contributed by atoms with Crippen molar-refractivity contribution in [3.05, 3.63) is 41.5 Å². The third kappa shape index (κ3) is 3.91. The Bertz CT molecular complexity index is 928. The van der Waals surface area contributed by atoms with Crippen molar-refractivity contribution >= 4 is 27.4 Å². The number of hydrogen-bond donors (Lipinski definition) is 0. The van der Waals surface area contributed by atoms with Crippen LogP contribution in [-0.4, -0.2) is 53.8 Å². The van der Waals surface area contributed by atoms with Gasteiger partial charge in [0.25, 0.3) is 0 Å². The first-order valence-electron chi connectivity index (χ1n) is 8.74. The topological polar surface area (TPSA) is 32.3 Å². The Kier molecular flexibility index (Phi) is 4.77. The van der Waals surface area contributed by atoms with Crippen molar-refractivity contribution in [1.29, 1.82) is 0 Å². The maximum absolute atomic E-state index is 12.6. The largest absolute Gasteiger partial charge is 0.401 e. The van der Waals surface area contributed by atoms with Crippen molar-refractivity contribution in [3.8, 4) is 11.1 Å². The van der Waals surface area contributed by atoms with Crippen LogP contribution in [0.5, 0.6) is 0 Å². The summed E-state index contributed by atoms with van der Waals surface area (Å²) in [7, 11) is 0.